The second kappa shape index (κ2) is 11.3. The van der Waals surface area contributed by atoms with E-state index in [0.29, 0.717) is 19.4 Å². The monoisotopic (exact) mass is 463 g/mol. The fourth-order valence-corrected chi connectivity index (χ4v) is 5.37. The Morgan fingerprint density at radius 3 is 2.52 bits per heavy atom. The largest absolute Gasteiger partial charge is 0.352 e. The van der Waals surface area contributed by atoms with Gasteiger partial charge in [0, 0.05) is 36.4 Å². The van der Waals surface area contributed by atoms with Gasteiger partial charge in [0.15, 0.2) is 6.04 Å². The predicted molar refractivity (Wildman–Crippen MR) is 133 cm³/mol. The third kappa shape index (κ3) is 6.14. The van der Waals surface area contributed by atoms with E-state index in [-0.39, 0.29) is 17.9 Å². The van der Waals surface area contributed by atoms with Crippen LogP contribution < -0.4 is 5.32 Å². The second-order valence-electron chi connectivity index (χ2n) is 8.87. The van der Waals surface area contributed by atoms with Crippen molar-refractivity contribution in [3.05, 3.63) is 82.3 Å². The summed E-state index contributed by atoms with van der Waals surface area (Å²) in [6.45, 7) is 0.488. The predicted octanol–water partition coefficient (Wildman–Crippen LogP) is 4.89. The lowest BCUT2D eigenvalue weighted by Gasteiger charge is -2.33. The maximum Gasteiger partial charge on any atom is 0.249 e. The molecule has 1 N–H and O–H groups in total. The average Bonchev–Trinajstić information content (AvgIpc) is 3.49. The van der Waals surface area contributed by atoms with Gasteiger partial charge >= 0.3 is 0 Å². The van der Waals surface area contributed by atoms with Gasteiger partial charge in [-0.1, -0.05) is 55.7 Å². The highest BCUT2D eigenvalue weighted by Crippen LogP contribution is 2.26. The van der Waals surface area contributed by atoms with E-state index in [9.17, 15) is 9.59 Å². The summed E-state index contributed by atoms with van der Waals surface area (Å²) in [5.41, 5.74) is 2.00. The van der Waals surface area contributed by atoms with Crippen LogP contribution in [0.4, 0.5) is 0 Å². The Kier molecular flexibility index (Phi) is 8.00. The standard InChI is InChI=1S/C27H33N3O2S/c1-29-17-8-15-24(29)26(27(32)28-22-12-6-3-7-13-22)30(18-16-21-10-4-2-5-11-21)25(31)20-23-14-9-19-33-23/h2,4-5,8-11,14-15,17,19,22,26H,3,6-7,12-13,16,18,20H2,1H3,(H,28,32). The molecule has 1 aliphatic carbocycles. The molecule has 0 bridgehead atoms. The molecule has 6 heteroatoms. The summed E-state index contributed by atoms with van der Waals surface area (Å²) in [7, 11) is 1.94. The lowest BCUT2D eigenvalue weighted by atomic mass is 9.95. The van der Waals surface area contributed by atoms with Crippen LogP contribution in [0.5, 0.6) is 0 Å². The minimum Gasteiger partial charge on any atom is -0.352 e. The van der Waals surface area contributed by atoms with Gasteiger partial charge in [0.2, 0.25) is 11.8 Å². The molecular weight excluding hydrogens is 430 g/mol. The van der Waals surface area contributed by atoms with E-state index >= 15 is 0 Å². The van der Waals surface area contributed by atoms with Crippen LogP contribution in [-0.4, -0.2) is 33.9 Å². The first-order valence-corrected chi connectivity index (χ1v) is 12.8. The maximum absolute atomic E-state index is 13.7. The van der Waals surface area contributed by atoms with Crippen molar-refractivity contribution in [2.75, 3.05) is 6.54 Å². The zero-order chi connectivity index (χ0) is 23.0. The van der Waals surface area contributed by atoms with Crippen molar-refractivity contribution < 1.29 is 9.59 Å². The van der Waals surface area contributed by atoms with Crippen molar-refractivity contribution in [1.29, 1.82) is 0 Å². The molecule has 2 aromatic heterocycles. The third-order valence-electron chi connectivity index (χ3n) is 6.49. The van der Waals surface area contributed by atoms with Crippen LogP contribution in [0.15, 0.2) is 66.2 Å². The molecule has 1 aromatic carbocycles. The zero-order valence-corrected chi connectivity index (χ0v) is 20.1. The molecule has 1 atom stereocenters. The minimum atomic E-state index is -0.650. The van der Waals surface area contributed by atoms with E-state index in [0.717, 1.165) is 41.8 Å². The number of amides is 2. The smallest absolute Gasteiger partial charge is 0.249 e. The van der Waals surface area contributed by atoms with Crippen molar-refractivity contribution >= 4 is 23.2 Å². The quantitative estimate of drug-likeness (QED) is 0.491. The maximum atomic E-state index is 13.7. The molecule has 0 spiro atoms. The van der Waals surface area contributed by atoms with Gasteiger partial charge in [-0.3, -0.25) is 9.59 Å². The van der Waals surface area contributed by atoms with Crippen LogP contribution in [0, 0.1) is 0 Å². The topological polar surface area (TPSA) is 54.3 Å². The summed E-state index contributed by atoms with van der Waals surface area (Å²) < 4.78 is 1.96. The van der Waals surface area contributed by atoms with Crippen LogP contribution in [0.2, 0.25) is 0 Å². The number of nitrogens with zero attached hydrogens (tertiary/aromatic N) is 2. The van der Waals surface area contributed by atoms with Crippen molar-refractivity contribution in [3.63, 3.8) is 0 Å². The number of carbonyl (C=O) groups excluding carboxylic acids is 2. The summed E-state index contributed by atoms with van der Waals surface area (Å²) in [4.78, 5) is 30.1. The Morgan fingerprint density at radius 2 is 1.85 bits per heavy atom. The van der Waals surface area contributed by atoms with E-state index in [4.69, 9.17) is 0 Å². The van der Waals surface area contributed by atoms with E-state index in [2.05, 4.69) is 17.4 Å². The fourth-order valence-electron chi connectivity index (χ4n) is 4.68. The Bertz CT molecular complexity index is 1020. The number of nitrogens with one attached hydrogen (secondary N) is 1. The van der Waals surface area contributed by atoms with Gasteiger partial charge < -0.3 is 14.8 Å². The number of thiophene rings is 1. The summed E-state index contributed by atoms with van der Waals surface area (Å²) in [6.07, 6.45) is 8.51. The first-order valence-electron chi connectivity index (χ1n) is 11.9. The van der Waals surface area contributed by atoms with E-state index < -0.39 is 6.04 Å². The molecule has 1 aliphatic rings. The highest BCUT2D eigenvalue weighted by Gasteiger charge is 2.34. The van der Waals surface area contributed by atoms with E-state index in [1.807, 2.05) is 65.7 Å². The van der Waals surface area contributed by atoms with Gasteiger partial charge in [-0.05, 0) is 48.4 Å². The number of carbonyl (C=O) groups is 2. The van der Waals surface area contributed by atoms with Crippen molar-refractivity contribution in [2.45, 2.75) is 57.0 Å². The van der Waals surface area contributed by atoms with Crippen molar-refractivity contribution in [3.8, 4) is 0 Å². The Hall–Kier alpha value is -2.86. The van der Waals surface area contributed by atoms with Crippen molar-refractivity contribution in [1.82, 2.24) is 14.8 Å². The molecule has 174 valence electrons. The summed E-state index contributed by atoms with van der Waals surface area (Å²) in [5.74, 6) is -0.0883. The molecule has 2 amide bonds. The summed E-state index contributed by atoms with van der Waals surface area (Å²) >= 11 is 1.58. The molecule has 0 radical (unpaired) electrons. The summed E-state index contributed by atoms with van der Waals surface area (Å²) in [5, 5.41) is 5.27. The van der Waals surface area contributed by atoms with Crippen LogP contribution >= 0.6 is 11.3 Å². The second-order valence-corrected chi connectivity index (χ2v) is 9.90. The minimum absolute atomic E-state index is 0.0154. The number of hydrogen-bond donors (Lipinski definition) is 1. The molecule has 3 aromatic rings. The number of rotatable bonds is 9. The van der Waals surface area contributed by atoms with E-state index in [1.165, 1.54) is 6.42 Å². The molecule has 4 rings (SSSR count). The lowest BCUT2D eigenvalue weighted by Crippen LogP contribution is -2.48. The van der Waals surface area contributed by atoms with Crippen LogP contribution in [-0.2, 0) is 29.5 Å². The highest BCUT2D eigenvalue weighted by atomic mass is 32.1. The van der Waals surface area contributed by atoms with Gasteiger partial charge in [0.1, 0.15) is 0 Å². The number of aryl methyl sites for hydroxylation is 1. The highest BCUT2D eigenvalue weighted by molar-refractivity contribution is 7.10. The number of aromatic nitrogens is 1. The van der Waals surface area contributed by atoms with Gasteiger partial charge in [0.05, 0.1) is 6.42 Å². The van der Waals surface area contributed by atoms with Crippen LogP contribution in [0.1, 0.15) is 54.3 Å². The number of benzene rings is 1. The molecule has 33 heavy (non-hydrogen) atoms. The van der Waals surface area contributed by atoms with Crippen molar-refractivity contribution in [2.24, 2.45) is 7.05 Å². The normalized spacial score (nSPS) is 15.2. The molecule has 2 heterocycles. The Labute approximate surface area is 200 Å². The van der Waals surface area contributed by atoms with E-state index in [1.54, 1.807) is 16.2 Å². The zero-order valence-electron chi connectivity index (χ0n) is 19.3. The van der Waals surface area contributed by atoms with Crippen LogP contribution in [0.3, 0.4) is 0 Å². The molecule has 0 saturated heterocycles. The van der Waals surface area contributed by atoms with Crippen LogP contribution in [0.25, 0.3) is 0 Å². The third-order valence-corrected chi connectivity index (χ3v) is 7.36. The molecule has 1 saturated carbocycles. The Balaban J connectivity index is 1.62. The first kappa shape index (κ1) is 23.3. The van der Waals surface area contributed by atoms with Gasteiger partial charge in [0.25, 0.3) is 0 Å². The molecule has 1 unspecified atom stereocenters. The molecule has 1 fully saturated rings. The SMILES string of the molecule is Cn1cccc1C(C(=O)NC1CCCCC1)N(CCc1ccccc1)C(=O)Cc1cccs1. The Morgan fingerprint density at radius 1 is 1.06 bits per heavy atom. The average molecular weight is 464 g/mol. The molecule has 0 aliphatic heterocycles. The van der Waals surface area contributed by atoms with Gasteiger partial charge in [-0.2, -0.15) is 0 Å². The van der Waals surface area contributed by atoms with Gasteiger partial charge in [-0.15, -0.1) is 11.3 Å². The number of hydrogen-bond acceptors (Lipinski definition) is 3. The summed E-state index contributed by atoms with van der Waals surface area (Å²) in [6, 6.07) is 17.5. The van der Waals surface area contributed by atoms with Gasteiger partial charge in [-0.25, -0.2) is 0 Å². The fraction of sp³-hybridized carbons (Fsp3) is 0.407. The molecule has 5 nitrogen and oxygen atoms in total. The molecular formula is C27H33N3O2S. The lowest BCUT2D eigenvalue weighted by molar-refractivity contribution is -0.141. The first-order chi connectivity index (χ1) is 16.1.